The SMILES string of the molecule is O=C(Nc1ccn([C@H]2O[C@H](CO)[C@@H](O)C2(F)F)c(=O)n1)OCc1ccccc1. The predicted molar refractivity (Wildman–Crippen MR) is 90.7 cm³/mol. The van der Waals surface area contributed by atoms with Gasteiger partial charge in [-0.2, -0.15) is 13.8 Å². The summed E-state index contributed by atoms with van der Waals surface area (Å²) in [5, 5.41) is 20.7. The molecule has 1 aromatic heterocycles. The van der Waals surface area contributed by atoms with Crippen LogP contribution in [-0.4, -0.2) is 50.6 Å². The zero-order chi connectivity index (χ0) is 20.3. The Kier molecular flexibility index (Phi) is 5.68. The van der Waals surface area contributed by atoms with Crippen LogP contribution < -0.4 is 11.0 Å². The number of nitrogens with zero attached hydrogens (tertiary/aromatic N) is 2. The molecule has 0 aliphatic carbocycles. The van der Waals surface area contributed by atoms with Crippen molar-refractivity contribution in [3.05, 3.63) is 58.6 Å². The van der Waals surface area contributed by atoms with Gasteiger partial charge in [0, 0.05) is 6.20 Å². The van der Waals surface area contributed by atoms with Gasteiger partial charge in [0.2, 0.25) is 6.23 Å². The highest BCUT2D eigenvalue weighted by Crippen LogP contribution is 2.41. The normalized spacial score (nSPS) is 23.4. The van der Waals surface area contributed by atoms with Crippen molar-refractivity contribution in [2.75, 3.05) is 11.9 Å². The summed E-state index contributed by atoms with van der Waals surface area (Å²) < 4.78 is 38.5. The van der Waals surface area contributed by atoms with E-state index in [4.69, 9.17) is 14.6 Å². The van der Waals surface area contributed by atoms with Gasteiger partial charge in [0.15, 0.2) is 6.10 Å². The van der Waals surface area contributed by atoms with Crippen LogP contribution in [0.1, 0.15) is 11.8 Å². The maximum atomic E-state index is 14.1. The number of carbonyl (C=O) groups is 1. The highest BCUT2D eigenvalue weighted by atomic mass is 19.3. The average molecular weight is 397 g/mol. The Morgan fingerprint density at radius 3 is 2.64 bits per heavy atom. The number of hydrogen-bond donors (Lipinski definition) is 3. The molecular weight excluding hydrogens is 380 g/mol. The molecule has 0 bridgehead atoms. The molecule has 1 aliphatic heterocycles. The summed E-state index contributed by atoms with van der Waals surface area (Å²) in [7, 11) is 0. The summed E-state index contributed by atoms with van der Waals surface area (Å²) in [6, 6.07) is 9.96. The van der Waals surface area contributed by atoms with Crippen molar-refractivity contribution in [2.24, 2.45) is 0 Å². The lowest BCUT2D eigenvalue weighted by Gasteiger charge is -2.21. The first kappa shape index (κ1) is 19.9. The Hall–Kier alpha value is -2.89. The molecular formula is C17H17F2N3O6. The minimum absolute atomic E-state index is 0.00763. The average Bonchev–Trinajstić information content (AvgIpc) is 2.90. The molecule has 3 N–H and O–H groups in total. The molecule has 3 rings (SSSR count). The van der Waals surface area contributed by atoms with Crippen molar-refractivity contribution < 1.29 is 33.3 Å². The largest absolute Gasteiger partial charge is 0.444 e. The number of hydrogen-bond acceptors (Lipinski definition) is 7. The van der Waals surface area contributed by atoms with Crippen LogP contribution in [0, 0.1) is 0 Å². The van der Waals surface area contributed by atoms with E-state index in [1.54, 1.807) is 24.3 Å². The van der Waals surface area contributed by atoms with Crippen molar-refractivity contribution in [2.45, 2.75) is 31.0 Å². The summed E-state index contributed by atoms with van der Waals surface area (Å²) in [5.41, 5.74) is -0.394. The van der Waals surface area contributed by atoms with Crippen molar-refractivity contribution in [1.82, 2.24) is 9.55 Å². The number of benzene rings is 1. The smallest absolute Gasteiger partial charge is 0.413 e. The number of alkyl halides is 2. The number of halogens is 2. The summed E-state index contributed by atoms with van der Waals surface area (Å²) in [6.45, 7) is -0.853. The zero-order valence-electron chi connectivity index (χ0n) is 14.4. The molecule has 0 radical (unpaired) electrons. The maximum absolute atomic E-state index is 14.1. The molecule has 2 aromatic rings. The summed E-state index contributed by atoms with van der Waals surface area (Å²) in [4.78, 5) is 27.4. The fourth-order valence-corrected chi connectivity index (χ4v) is 2.64. The van der Waals surface area contributed by atoms with E-state index in [2.05, 4.69) is 10.3 Å². The summed E-state index contributed by atoms with van der Waals surface area (Å²) in [6.07, 6.45) is -5.91. The summed E-state index contributed by atoms with van der Waals surface area (Å²) in [5.74, 6) is -4.03. The molecule has 9 nitrogen and oxygen atoms in total. The van der Waals surface area contributed by atoms with E-state index >= 15 is 0 Å². The van der Waals surface area contributed by atoms with Gasteiger partial charge in [-0.3, -0.25) is 9.88 Å². The molecule has 2 heterocycles. The van der Waals surface area contributed by atoms with E-state index < -0.39 is 42.7 Å². The molecule has 150 valence electrons. The first-order valence-corrected chi connectivity index (χ1v) is 8.22. The minimum Gasteiger partial charge on any atom is -0.444 e. The third-order valence-corrected chi connectivity index (χ3v) is 4.08. The van der Waals surface area contributed by atoms with Gasteiger partial charge < -0.3 is 19.7 Å². The molecule has 0 spiro atoms. The second kappa shape index (κ2) is 8.00. The van der Waals surface area contributed by atoms with Gasteiger partial charge in [-0.1, -0.05) is 30.3 Å². The molecule has 3 atom stereocenters. The van der Waals surface area contributed by atoms with Gasteiger partial charge in [0.1, 0.15) is 18.5 Å². The van der Waals surface area contributed by atoms with Crippen LogP contribution in [-0.2, 0) is 16.1 Å². The molecule has 11 heteroatoms. The molecule has 1 fully saturated rings. The van der Waals surface area contributed by atoms with Crippen LogP contribution in [0.15, 0.2) is 47.4 Å². The predicted octanol–water partition coefficient (Wildman–Crippen LogP) is 0.878. The Bertz CT molecular complexity index is 892. The second-order valence-electron chi connectivity index (χ2n) is 6.02. The first-order chi connectivity index (χ1) is 13.3. The van der Waals surface area contributed by atoms with Crippen molar-refractivity contribution in [3.63, 3.8) is 0 Å². The fraction of sp³-hybridized carbons (Fsp3) is 0.353. The van der Waals surface area contributed by atoms with E-state index in [1.165, 1.54) is 0 Å². The molecule has 0 saturated carbocycles. The molecule has 1 aliphatic rings. The number of aromatic nitrogens is 2. The van der Waals surface area contributed by atoms with Crippen molar-refractivity contribution >= 4 is 11.9 Å². The monoisotopic (exact) mass is 397 g/mol. The fourth-order valence-electron chi connectivity index (χ4n) is 2.64. The highest BCUT2D eigenvalue weighted by molar-refractivity contribution is 5.83. The van der Waals surface area contributed by atoms with E-state index in [0.717, 1.165) is 17.8 Å². The number of amides is 1. The molecule has 0 unspecified atom stereocenters. The number of aliphatic hydroxyl groups excluding tert-OH is 2. The standard InChI is InChI=1S/C17H17F2N3O6/c18-17(19)13(24)11(8-23)28-14(17)22-7-6-12(20-15(22)25)21-16(26)27-9-10-4-2-1-3-5-10/h1-7,11,13-14,23-24H,8-9H2,(H,20,21,25,26)/t11-,13-,14+/m1/s1. The van der Waals surface area contributed by atoms with Gasteiger partial charge >= 0.3 is 17.7 Å². The van der Waals surface area contributed by atoms with Gasteiger partial charge in [-0.05, 0) is 11.6 Å². The van der Waals surface area contributed by atoms with Gasteiger partial charge in [0.25, 0.3) is 0 Å². The van der Waals surface area contributed by atoms with Gasteiger partial charge in [-0.15, -0.1) is 0 Å². The van der Waals surface area contributed by atoms with Crippen LogP contribution in [0.25, 0.3) is 0 Å². The molecule has 1 amide bonds. The molecule has 28 heavy (non-hydrogen) atoms. The van der Waals surface area contributed by atoms with Crippen molar-refractivity contribution in [3.8, 4) is 0 Å². The van der Waals surface area contributed by atoms with Gasteiger partial charge in [0.05, 0.1) is 6.61 Å². The minimum atomic E-state index is -3.82. The van der Waals surface area contributed by atoms with Crippen LogP contribution in [0.3, 0.4) is 0 Å². The van der Waals surface area contributed by atoms with Crippen LogP contribution in [0.5, 0.6) is 0 Å². The van der Waals surface area contributed by atoms with Crippen LogP contribution in [0.4, 0.5) is 19.4 Å². The Labute approximate surface area is 157 Å². The number of anilines is 1. The first-order valence-electron chi connectivity index (χ1n) is 8.22. The maximum Gasteiger partial charge on any atom is 0.413 e. The number of carbonyl (C=O) groups excluding carboxylic acids is 1. The Morgan fingerprint density at radius 2 is 2.04 bits per heavy atom. The zero-order valence-corrected chi connectivity index (χ0v) is 14.4. The highest BCUT2D eigenvalue weighted by Gasteiger charge is 2.59. The number of ether oxygens (including phenoxy) is 2. The number of aliphatic hydroxyl groups is 2. The lowest BCUT2D eigenvalue weighted by Crippen LogP contribution is -2.41. The Balaban J connectivity index is 1.67. The molecule has 1 saturated heterocycles. The van der Waals surface area contributed by atoms with E-state index in [-0.39, 0.29) is 12.4 Å². The van der Waals surface area contributed by atoms with E-state index in [0.29, 0.717) is 4.57 Å². The lowest BCUT2D eigenvalue weighted by molar-refractivity contribution is -0.140. The second-order valence-corrected chi connectivity index (χ2v) is 6.02. The third kappa shape index (κ3) is 4.01. The number of rotatable bonds is 5. The summed E-state index contributed by atoms with van der Waals surface area (Å²) >= 11 is 0. The molecule has 1 aromatic carbocycles. The van der Waals surface area contributed by atoms with Crippen LogP contribution >= 0.6 is 0 Å². The number of nitrogens with one attached hydrogen (secondary N) is 1. The van der Waals surface area contributed by atoms with Crippen LogP contribution in [0.2, 0.25) is 0 Å². The topological polar surface area (TPSA) is 123 Å². The lowest BCUT2D eigenvalue weighted by atomic mass is 10.1. The van der Waals surface area contributed by atoms with E-state index in [9.17, 15) is 23.5 Å². The third-order valence-electron chi connectivity index (χ3n) is 4.08. The quantitative estimate of drug-likeness (QED) is 0.684. The Morgan fingerprint density at radius 1 is 1.32 bits per heavy atom. The van der Waals surface area contributed by atoms with Gasteiger partial charge in [-0.25, -0.2) is 9.59 Å². The van der Waals surface area contributed by atoms with Crippen molar-refractivity contribution in [1.29, 1.82) is 0 Å². The van der Waals surface area contributed by atoms with E-state index in [1.807, 2.05) is 6.07 Å².